The van der Waals surface area contributed by atoms with E-state index in [9.17, 15) is 9.59 Å². The zero-order valence-electron chi connectivity index (χ0n) is 10.3. The number of nitrogens with zero attached hydrogens (tertiary/aromatic N) is 1. The molecular weight excluding hydrogens is 240 g/mol. The van der Waals surface area contributed by atoms with Crippen molar-refractivity contribution in [3.05, 3.63) is 0 Å². The zero-order valence-corrected chi connectivity index (χ0v) is 11.1. The van der Waals surface area contributed by atoms with E-state index in [4.69, 9.17) is 5.11 Å². The lowest BCUT2D eigenvalue weighted by atomic mass is 10.1. The Morgan fingerprint density at radius 1 is 1.59 bits per heavy atom. The molecule has 0 saturated carbocycles. The average molecular weight is 260 g/mol. The summed E-state index contributed by atoms with van der Waals surface area (Å²) in [7, 11) is 0. The highest BCUT2D eigenvalue weighted by Gasteiger charge is 2.21. The summed E-state index contributed by atoms with van der Waals surface area (Å²) >= 11 is 1.30. The van der Waals surface area contributed by atoms with Crippen molar-refractivity contribution < 1.29 is 14.7 Å². The van der Waals surface area contributed by atoms with E-state index in [1.807, 2.05) is 6.92 Å². The highest BCUT2D eigenvalue weighted by Crippen LogP contribution is 2.16. The molecule has 0 aromatic carbocycles. The van der Waals surface area contributed by atoms with Crippen LogP contribution in [0.5, 0.6) is 0 Å². The van der Waals surface area contributed by atoms with Crippen molar-refractivity contribution >= 4 is 22.9 Å². The third kappa shape index (κ3) is 5.41. The Morgan fingerprint density at radius 3 is 2.82 bits per heavy atom. The number of carbonyl (C=O) groups is 2. The molecule has 1 fully saturated rings. The number of hydrogen-bond acceptors (Lipinski definition) is 4. The first-order valence-electron chi connectivity index (χ1n) is 5.88. The van der Waals surface area contributed by atoms with Crippen molar-refractivity contribution in [1.82, 2.24) is 10.2 Å². The molecule has 0 aromatic rings. The lowest BCUT2D eigenvalue weighted by Gasteiger charge is -2.17. The van der Waals surface area contributed by atoms with E-state index >= 15 is 0 Å². The summed E-state index contributed by atoms with van der Waals surface area (Å²) in [6, 6.07) is -0.0360. The van der Waals surface area contributed by atoms with Gasteiger partial charge in [0.25, 0.3) is 5.24 Å². The van der Waals surface area contributed by atoms with Gasteiger partial charge in [-0.05, 0) is 20.3 Å². The van der Waals surface area contributed by atoms with Gasteiger partial charge in [0, 0.05) is 31.3 Å². The molecule has 1 rings (SSSR count). The fraction of sp³-hybridized carbons (Fsp3) is 0.818. The van der Waals surface area contributed by atoms with Gasteiger partial charge in [-0.15, -0.1) is 0 Å². The van der Waals surface area contributed by atoms with E-state index in [0.717, 1.165) is 12.3 Å². The van der Waals surface area contributed by atoms with Crippen LogP contribution in [0.1, 0.15) is 26.7 Å². The number of aliphatic hydroxyl groups is 1. The maximum atomic E-state index is 11.6. The fourth-order valence-corrected chi connectivity index (χ4v) is 2.63. The molecule has 1 aliphatic heterocycles. The van der Waals surface area contributed by atoms with E-state index < -0.39 is 6.10 Å². The maximum Gasteiger partial charge on any atom is 0.281 e. The highest BCUT2D eigenvalue weighted by molar-refractivity contribution is 8.13. The molecule has 0 aliphatic carbocycles. The van der Waals surface area contributed by atoms with Crippen molar-refractivity contribution in [1.29, 1.82) is 0 Å². The minimum atomic E-state index is -0.415. The molecule has 0 aromatic heterocycles. The lowest BCUT2D eigenvalue weighted by Crippen LogP contribution is -2.37. The van der Waals surface area contributed by atoms with E-state index in [1.54, 1.807) is 11.8 Å². The Hall–Kier alpha value is -0.750. The topological polar surface area (TPSA) is 69.6 Å². The first-order valence-corrected chi connectivity index (χ1v) is 6.86. The highest BCUT2D eigenvalue weighted by atomic mass is 32.2. The van der Waals surface area contributed by atoms with Crippen LogP contribution < -0.4 is 5.32 Å². The first kappa shape index (κ1) is 14.3. The predicted octanol–water partition coefficient (Wildman–Crippen LogP) is 0.821. The Balaban J connectivity index is 2.18. The molecule has 1 saturated heterocycles. The van der Waals surface area contributed by atoms with E-state index in [-0.39, 0.29) is 17.2 Å². The number of hydrogen-bond donors (Lipinski definition) is 2. The van der Waals surface area contributed by atoms with Crippen molar-refractivity contribution in [3.8, 4) is 0 Å². The maximum absolute atomic E-state index is 11.6. The number of thioether (sulfide) groups is 1. The minimum Gasteiger partial charge on any atom is -0.393 e. The second kappa shape index (κ2) is 6.86. The Labute approximate surface area is 106 Å². The Morgan fingerprint density at radius 2 is 2.29 bits per heavy atom. The SMILES string of the molecule is CC(O)CC(C)NC(=O)CCN1CCSC1=O. The molecule has 0 radical (unpaired) electrons. The molecule has 98 valence electrons. The van der Waals surface area contributed by atoms with Crippen LogP contribution in [0, 0.1) is 0 Å². The monoisotopic (exact) mass is 260 g/mol. The summed E-state index contributed by atoms with van der Waals surface area (Å²) in [4.78, 5) is 24.5. The number of amides is 2. The first-order chi connectivity index (χ1) is 7.99. The van der Waals surface area contributed by atoms with Crippen LogP contribution in [0.15, 0.2) is 0 Å². The van der Waals surface area contributed by atoms with Crippen LogP contribution in [0.3, 0.4) is 0 Å². The van der Waals surface area contributed by atoms with Crippen molar-refractivity contribution in [2.24, 2.45) is 0 Å². The molecule has 2 N–H and O–H groups in total. The summed E-state index contributed by atoms with van der Waals surface area (Å²) in [5, 5.41) is 12.0. The van der Waals surface area contributed by atoms with Gasteiger partial charge in [-0.2, -0.15) is 0 Å². The average Bonchev–Trinajstić information content (AvgIpc) is 2.59. The summed E-state index contributed by atoms with van der Waals surface area (Å²) in [6.45, 7) is 4.78. The minimum absolute atomic E-state index is 0.0360. The van der Waals surface area contributed by atoms with E-state index in [0.29, 0.717) is 19.4 Å². The molecule has 17 heavy (non-hydrogen) atoms. The molecule has 1 heterocycles. The Bertz CT molecular complexity index is 284. The van der Waals surface area contributed by atoms with E-state index in [1.165, 1.54) is 11.8 Å². The van der Waals surface area contributed by atoms with Crippen LogP contribution in [0.2, 0.25) is 0 Å². The molecule has 2 unspecified atom stereocenters. The standard InChI is InChI=1S/C11H20N2O3S/c1-8(7-9(2)14)12-10(15)3-4-13-5-6-17-11(13)16/h8-9,14H,3-7H2,1-2H3,(H,12,15). The molecule has 5 nitrogen and oxygen atoms in total. The fourth-order valence-electron chi connectivity index (χ4n) is 1.78. The molecule has 6 heteroatoms. The molecule has 0 bridgehead atoms. The third-order valence-corrected chi connectivity index (χ3v) is 3.45. The van der Waals surface area contributed by atoms with E-state index in [2.05, 4.69) is 5.32 Å². The van der Waals surface area contributed by atoms with Gasteiger partial charge >= 0.3 is 0 Å². The van der Waals surface area contributed by atoms with Crippen molar-refractivity contribution in [2.45, 2.75) is 38.8 Å². The van der Waals surface area contributed by atoms with Crippen LogP contribution in [-0.4, -0.2) is 52.1 Å². The third-order valence-electron chi connectivity index (χ3n) is 2.56. The van der Waals surface area contributed by atoms with Gasteiger partial charge < -0.3 is 15.3 Å². The molecule has 1 aliphatic rings. The van der Waals surface area contributed by atoms with Crippen LogP contribution in [0.25, 0.3) is 0 Å². The predicted molar refractivity (Wildman–Crippen MR) is 67.9 cm³/mol. The lowest BCUT2D eigenvalue weighted by molar-refractivity contribution is -0.122. The van der Waals surface area contributed by atoms with Crippen LogP contribution in [-0.2, 0) is 4.79 Å². The van der Waals surface area contributed by atoms with Gasteiger partial charge in [-0.1, -0.05) is 11.8 Å². The quantitative estimate of drug-likeness (QED) is 0.742. The second-order valence-corrected chi connectivity index (χ2v) is 5.45. The number of carbonyl (C=O) groups excluding carboxylic acids is 2. The second-order valence-electron chi connectivity index (χ2n) is 4.40. The smallest absolute Gasteiger partial charge is 0.281 e. The van der Waals surface area contributed by atoms with Gasteiger partial charge in [0.2, 0.25) is 5.91 Å². The number of nitrogens with one attached hydrogen (secondary N) is 1. The molecule has 2 amide bonds. The molecule has 0 spiro atoms. The summed E-state index contributed by atoms with van der Waals surface area (Å²) in [6.07, 6.45) is 0.461. The summed E-state index contributed by atoms with van der Waals surface area (Å²) < 4.78 is 0. The van der Waals surface area contributed by atoms with Gasteiger partial charge in [-0.25, -0.2) is 0 Å². The van der Waals surface area contributed by atoms with Gasteiger partial charge in [0.15, 0.2) is 0 Å². The van der Waals surface area contributed by atoms with Crippen LogP contribution in [0.4, 0.5) is 4.79 Å². The normalized spacial score (nSPS) is 19.2. The zero-order chi connectivity index (χ0) is 12.8. The van der Waals surface area contributed by atoms with Crippen LogP contribution >= 0.6 is 11.8 Å². The number of aliphatic hydroxyl groups excluding tert-OH is 1. The van der Waals surface area contributed by atoms with Crippen molar-refractivity contribution in [2.75, 3.05) is 18.8 Å². The molecule has 2 atom stereocenters. The molecular formula is C11H20N2O3S. The van der Waals surface area contributed by atoms with Gasteiger partial charge in [0.05, 0.1) is 6.10 Å². The Kier molecular flexibility index (Phi) is 5.77. The van der Waals surface area contributed by atoms with Gasteiger partial charge in [0.1, 0.15) is 0 Å². The van der Waals surface area contributed by atoms with Gasteiger partial charge in [-0.3, -0.25) is 9.59 Å². The summed E-state index contributed by atoms with van der Waals surface area (Å²) in [5.74, 6) is 0.752. The van der Waals surface area contributed by atoms with Crippen molar-refractivity contribution in [3.63, 3.8) is 0 Å². The summed E-state index contributed by atoms with van der Waals surface area (Å²) in [5.41, 5.74) is 0. The largest absolute Gasteiger partial charge is 0.393 e. The number of rotatable bonds is 6.